The van der Waals surface area contributed by atoms with E-state index in [4.69, 9.17) is 15.0 Å². The van der Waals surface area contributed by atoms with Crippen LogP contribution in [0.15, 0.2) is 202 Å². The van der Waals surface area contributed by atoms with Crippen LogP contribution in [0, 0.1) is 0 Å². The van der Waals surface area contributed by atoms with Crippen molar-refractivity contribution in [1.29, 1.82) is 0 Å². The first-order valence-electron chi connectivity index (χ1n) is 16.3. The van der Waals surface area contributed by atoms with E-state index >= 15 is 0 Å². The van der Waals surface area contributed by atoms with E-state index in [0.29, 0.717) is 17.5 Å². The number of benzene rings is 6. The molecule has 0 saturated heterocycles. The van der Waals surface area contributed by atoms with Gasteiger partial charge in [-0.2, -0.15) is 0 Å². The topological polar surface area (TPSA) is 51.6 Å². The fourth-order valence-electron chi connectivity index (χ4n) is 6.90. The second-order valence-corrected chi connectivity index (χ2v) is 15.0. The molecule has 0 amide bonds. The highest BCUT2D eigenvalue weighted by atomic mass is 32.3. The second-order valence-electron chi connectivity index (χ2n) is 11.9. The molecule has 0 spiro atoms. The van der Waals surface area contributed by atoms with Gasteiger partial charge >= 0.3 is 0 Å². The van der Waals surface area contributed by atoms with Crippen molar-refractivity contribution in [3.8, 4) is 56.4 Å². The summed E-state index contributed by atoms with van der Waals surface area (Å²) in [6, 6.07) is 60.5. The van der Waals surface area contributed by atoms with Gasteiger partial charge in [0.25, 0.3) is 0 Å². The van der Waals surface area contributed by atoms with Gasteiger partial charge in [-0.3, -0.25) is 4.98 Å². The van der Waals surface area contributed by atoms with Crippen molar-refractivity contribution in [3.05, 3.63) is 182 Å². The average Bonchev–Trinajstić information content (AvgIpc) is 3.50. The van der Waals surface area contributed by atoms with E-state index in [9.17, 15) is 0 Å². The summed E-state index contributed by atoms with van der Waals surface area (Å²) in [6.45, 7) is 0. The molecule has 9 rings (SSSR count). The minimum Gasteiger partial charge on any atom is -0.264 e. The zero-order valence-electron chi connectivity index (χ0n) is 26.5. The third-order valence-electron chi connectivity index (χ3n) is 9.08. The molecule has 0 N–H and O–H groups in total. The zero-order chi connectivity index (χ0) is 32.6. The average molecular weight is 647 g/mol. The van der Waals surface area contributed by atoms with Gasteiger partial charge in [0, 0.05) is 54.2 Å². The van der Waals surface area contributed by atoms with Gasteiger partial charge in [-0.1, -0.05) is 121 Å². The molecule has 0 saturated carbocycles. The SMILES string of the molecule is c1ccc(-c2nc(-c3ccc(-c4cccc5c4-c4ccccc4S5(c4ccccc4)c4ccccc4)cc3)nc(-c3cccnc3)n2)cc1. The maximum atomic E-state index is 4.94. The Morgan fingerprint density at radius 1 is 0.347 bits per heavy atom. The molecular formula is C44H30N4S. The molecule has 4 nitrogen and oxygen atoms in total. The standard InChI is InChI=1S/C44H30N4S/c1-4-14-32(15-5-1)42-46-43(48-44(47-42)34-16-13-29-45-30-34)33-27-25-31(26-28-33)37-22-12-24-40-41(37)38-21-10-11-23-39(38)49(40,35-17-6-2-7-18-35)36-19-8-3-9-20-36/h1-30H. The second kappa shape index (κ2) is 12.1. The van der Waals surface area contributed by atoms with Crippen molar-refractivity contribution < 1.29 is 0 Å². The fraction of sp³-hybridized carbons (Fsp3) is 0. The molecule has 6 aromatic carbocycles. The van der Waals surface area contributed by atoms with E-state index < -0.39 is 10.0 Å². The molecule has 0 radical (unpaired) electrons. The first kappa shape index (κ1) is 29.0. The van der Waals surface area contributed by atoms with Crippen LogP contribution in [-0.2, 0) is 0 Å². The minimum atomic E-state index is -1.71. The van der Waals surface area contributed by atoms with Crippen molar-refractivity contribution in [1.82, 2.24) is 19.9 Å². The summed E-state index contributed by atoms with van der Waals surface area (Å²) in [6.07, 6.45) is 3.55. The van der Waals surface area contributed by atoms with E-state index in [-0.39, 0.29) is 0 Å². The largest absolute Gasteiger partial charge is 0.264 e. The number of pyridine rings is 1. The maximum absolute atomic E-state index is 4.94. The fourth-order valence-corrected chi connectivity index (χ4v) is 11.1. The molecule has 1 aliphatic heterocycles. The summed E-state index contributed by atoms with van der Waals surface area (Å²) in [7, 11) is -1.71. The van der Waals surface area contributed by atoms with E-state index in [2.05, 4.69) is 132 Å². The Kier molecular flexibility index (Phi) is 7.18. The molecule has 1 aliphatic rings. The molecule has 3 heterocycles. The smallest absolute Gasteiger partial charge is 0.165 e. The summed E-state index contributed by atoms with van der Waals surface area (Å²) < 4.78 is 0. The first-order valence-corrected chi connectivity index (χ1v) is 17.9. The number of rotatable bonds is 6. The van der Waals surface area contributed by atoms with Crippen LogP contribution in [0.1, 0.15) is 0 Å². The van der Waals surface area contributed by atoms with Crippen LogP contribution in [0.5, 0.6) is 0 Å². The number of hydrogen-bond donors (Lipinski definition) is 0. The van der Waals surface area contributed by atoms with Gasteiger partial charge in [-0.25, -0.2) is 15.0 Å². The summed E-state index contributed by atoms with van der Waals surface area (Å²) in [5, 5.41) is 0. The lowest BCUT2D eigenvalue weighted by molar-refractivity contribution is 1.07. The van der Waals surface area contributed by atoms with Crippen molar-refractivity contribution in [2.24, 2.45) is 0 Å². The summed E-state index contributed by atoms with van der Waals surface area (Å²) >= 11 is 0. The lowest BCUT2D eigenvalue weighted by Gasteiger charge is -2.39. The maximum Gasteiger partial charge on any atom is 0.165 e. The zero-order valence-corrected chi connectivity index (χ0v) is 27.3. The molecule has 8 aromatic rings. The van der Waals surface area contributed by atoms with Crippen molar-refractivity contribution >= 4 is 10.0 Å². The van der Waals surface area contributed by atoms with Crippen LogP contribution in [-0.4, -0.2) is 19.9 Å². The molecule has 0 aliphatic carbocycles. The Hall–Kier alpha value is -6.17. The van der Waals surface area contributed by atoms with Crippen molar-refractivity contribution in [2.75, 3.05) is 0 Å². The van der Waals surface area contributed by atoms with Gasteiger partial charge in [0.15, 0.2) is 17.5 Å². The number of aromatic nitrogens is 4. The molecule has 0 atom stereocenters. The third-order valence-corrected chi connectivity index (χ3v) is 13.1. The predicted molar refractivity (Wildman–Crippen MR) is 198 cm³/mol. The Labute approximate surface area is 287 Å². The molecule has 0 unspecified atom stereocenters. The molecule has 49 heavy (non-hydrogen) atoms. The van der Waals surface area contributed by atoms with Crippen LogP contribution < -0.4 is 0 Å². The molecular weight excluding hydrogens is 617 g/mol. The molecule has 0 fully saturated rings. The molecule has 5 heteroatoms. The summed E-state index contributed by atoms with van der Waals surface area (Å²) in [5.74, 6) is 1.85. The highest BCUT2D eigenvalue weighted by Crippen LogP contribution is 2.80. The van der Waals surface area contributed by atoms with Gasteiger partial charge in [0.2, 0.25) is 0 Å². The lowest BCUT2D eigenvalue weighted by Crippen LogP contribution is -2.01. The Balaban J connectivity index is 1.20. The Morgan fingerprint density at radius 3 is 1.47 bits per heavy atom. The van der Waals surface area contributed by atoms with Crippen molar-refractivity contribution in [3.63, 3.8) is 0 Å². The molecule has 2 aromatic heterocycles. The highest BCUT2D eigenvalue weighted by Gasteiger charge is 2.42. The van der Waals surface area contributed by atoms with Crippen LogP contribution in [0.3, 0.4) is 0 Å². The van der Waals surface area contributed by atoms with Gasteiger partial charge in [-0.05, 0) is 65.2 Å². The monoisotopic (exact) mass is 646 g/mol. The van der Waals surface area contributed by atoms with Crippen LogP contribution in [0.25, 0.3) is 56.4 Å². The van der Waals surface area contributed by atoms with Gasteiger partial charge in [0.05, 0.1) is 0 Å². The lowest BCUT2D eigenvalue weighted by atomic mass is 9.94. The Bertz CT molecular complexity index is 2320. The predicted octanol–water partition coefficient (Wildman–Crippen LogP) is 11.3. The van der Waals surface area contributed by atoms with Crippen LogP contribution in [0.4, 0.5) is 0 Å². The first-order chi connectivity index (χ1) is 24.3. The van der Waals surface area contributed by atoms with E-state index in [0.717, 1.165) is 22.3 Å². The van der Waals surface area contributed by atoms with Gasteiger partial charge in [-0.15, -0.1) is 10.0 Å². The molecule has 232 valence electrons. The van der Waals surface area contributed by atoms with E-state index in [1.807, 2.05) is 42.5 Å². The van der Waals surface area contributed by atoms with E-state index in [1.165, 1.54) is 36.3 Å². The third kappa shape index (κ3) is 4.86. The highest BCUT2D eigenvalue weighted by molar-refractivity contribution is 8.34. The normalized spacial score (nSPS) is 13.3. The number of hydrogen-bond acceptors (Lipinski definition) is 4. The quantitative estimate of drug-likeness (QED) is 0.180. The van der Waals surface area contributed by atoms with Crippen molar-refractivity contribution in [2.45, 2.75) is 19.6 Å². The van der Waals surface area contributed by atoms with Gasteiger partial charge in [0.1, 0.15) is 0 Å². The minimum absolute atomic E-state index is 0.597. The number of nitrogens with zero attached hydrogens (tertiary/aromatic N) is 4. The van der Waals surface area contributed by atoms with Crippen LogP contribution >= 0.6 is 10.0 Å². The number of fused-ring (bicyclic) bond motifs is 3. The van der Waals surface area contributed by atoms with Gasteiger partial charge < -0.3 is 0 Å². The Morgan fingerprint density at radius 2 is 0.837 bits per heavy atom. The van der Waals surface area contributed by atoms with Crippen LogP contribution in [0.2, 0.25) is 0 Å². The summed E-state index contributed by atoms with van der Waals surface area (Å²) in [5.41, 5.74) is 7.68. The molecule has 0 bridgehead atoms. The summed E-state index contributed by atoms with van der Waals surface area (Å²) in [4.78, 5) is 24.4. The van der Waals surface area contributed by atoms with E-state index in [1.54, 1.807) is 12.4 Å².